The molecule has 156 valence electrons. The van der Waals surface area contributed by atoms with Gasteiger partial charge >= 0.3 is 0 Å². The van der Waals surface area contributed by atoms with Crippen molar-refractivity contribution in [3.8, 4) is 0 Å². The fourth-order valence-corrected chi connectivity index (χ4v) is 7.95. The van der Waals surface area contributed by atoms with Gasteiger partial charge in [0.25, 0.3) is 0 Å². The SMILES string of the molecule is O=C(C[P+](c1ccccc1)(c1ccccc1)c1ccccc1)c1ccc(CF)cc1.[Br-]. The molecule has 4 rings (SSSR count). The normalized spacial score (nSPS) is 10.9. The van der Waals surface area contributed by atoms with Gasteiger partial charge in [-0.3, -0.25) is 4.79 Å². The summed E-state index contributed by atoms with van der Waals surface area (Å²) in [5, 5.41) is 3.53. The largest absolute Gasteiger partial charge is 1.00 e. The van der Waals surface area contributed by atoms with Gasteiger partial charge in [-0.05, 0) is 42.0 Å². The van der Waals surface area contributed by atoms with Gasteiger partial charge in [0.1, 0.15) is 36.0 Å². The number of alkyl halides is 1. The predicted molar refractivity (Wildman–Crippen MR) is 126 cm³/mol. The summed E-state index contributed by atoms with van der Waals surface area (Å²) < 4.78 is 12.9. The zero-order valence-electron chi connectivity index (χ0n) is 17.0. The number of ketones is 1. The van der Waals surface area contributed by atoms with Gasteiger partial charge in [0.2, 0.25) is 5.78 Å². The van der Waals surface area contributed by atoms with Gasteiger partial charge in [0.05, 0.1) is 0 Å². The lowest BCUT2D eigenvalue weighted by Gasteiger charge is -2.27. The summed E-state index contributed by atoms with van der Waals surface area (Å²) in [5.41, 5.74) is 1.21. The van der Waals surface area contributed by atoms with E-state index in [-0.39, 0.29) is 22.8 Å². The topological polar surface area (TPSA) is 17.1 Å². The lowest BCUT2D eigenvalue weighted by atomic mass is 10.1. The zero-order valence-corrected chi connectivity index (χ0v) is 19.5. The van der Waals surface area contributed by atoms with Crippen LogP contribution in [0.2, 0.25) is 0 Å². The minimum atomic E-state index is -2.22. The molecule has 4 heteroatoms. The minimum Gasteiger partial charge on any atom is -1.00 e. The Hall–Kier alpha value is -2.61. The van der Waals surface area contributed by atoms with Crippen LogP contribution in [-0.4, -0.2) is 11.9 Å². The molecule has 0 N–H and O–H groups in total. The average molecular weight is 493 g/mol. The summed E-state index contributed by atoms with van der Waals surface area (Å²) in [7, 11) is -2.22. The molecule has 31 heavy (non-hydrogen) atoms. The molecule has 1 nitrogen and oxygen atoms in total. The van der Waals surface area contributed by atoms with Crippen LogP contribution in [0.5, 0.6) is 0 Å². The number of hydrogen-bond donors (Lipinski definition) is 0. The van der Waals surface area contributed by atoms with Gasteiger partial charge in [-0.15, -0.1) is 0 Å². The molecule has 0 bridgehead atoms. The van der Waals surface area contributed by atoms with E-state index < -0.39 is 13.9 Å². The van der Waals surface area contributed by atoms with E-state index in [1.165, 1.54) is 15.9 Å². The summed E-state index contributed by atoms with van der Waals surface area (Å²) >= 11 is 0. The van der Waals surface area contributed by atoms with Crippen molar-refractivity contribution >= 4 is 29.0 Å². The first-order valence-electron chi connectivity index (χ1n) is 9.97. The highest BCUT2D eigenvalue weighted by molar-refractivity contribution is 7.96. The van der Waals surface area contributed by atoms with Crippen LogP contribution < -0.4 is 32.9 Å². The van der Waals surface area contributed by atoms with E-state index in [0.29, 0.717) is 17.3 Å². The van der Waals surface area contributed by atoms with E-state index in [1.807, 2.05) is 54.6 Å². The first-order chi connectivity index (χ1) is 14.7. The molecule has 0 radical (unpaired) electrons. The van der Waals surface area contributed by atoms with Gasteiger partial charge in [-0.2, -0.15) is 0 Å². The first kappa shape index (κ1) is 23.1. The van der Waals surface area contributed by atoms with E-state index in [1.54, 1.807) is 24.3 Å². The van der Waals surface area contributed by atoms with E-state index in [2.05, 4.69) is 36.4 Å². The van der Waals surface area contributed by atoms with Crippen LogP contribution in [0.25, 0.3) is 0 Å². The fourth-order valence-electron chi connectivity index (χ4n) is 3.85. The lowest BCUT2D eigenvalue weighted by Crippen LogP contribution is -3.00. The second-order valence-electron chi connectivity index (χ2n) is 7.23. The Morgan fingerprint density at radius 3 is 1.35 bits per heavy atom. The molecular weight excluding hydrogens is 470 g/mol. The third-order valence-electron chi connectivity index (χ3n) is 5.40. The third-order valence-corrected chi connectivity index (χ3v) is 9.70. The Balaban J connectivity index is 0.00000272. The number of hydrogen-bond acceptors (Lipinski definition) is 1. The molecule has 0 saturated carbocycles. The third kappa shape index (κ3) is 4.84. The molecule has 0 aliphatic carbocycles. The Morgan fingerprint density at radius 2 is 1.00 bits per heavy atom. The minimum absolute atomic E-state index is 0. The van der Waals surface area contributed by atoms with E-state index in [0.717, 1.165) is 0 Å². The number of rotatable bonds is 7. The van der Waals surface area contributed by atoms with Crippen LogP contribution in [0, 0.1) is 0 Å². The highest BCUT2D eigenvalue weighted by Crippen LogP contribution is 2.55. The van der Waals surface area contributed by atoms with Gasteiger partial charge < -0.3 is 17.0 Å². The Kier molecular flexibility index (Phi) is 7.90. The second kappa shape index (κ2) is 10.6. The van der Waals surface area contributed by atoms with Crippen molar-refractivity contribution < 1.29 is 26.2 Å². The highest BCUT2D eigenvalue weighted by Gasteiger charge is 2.47. The molecule has 0 spiro atoms. The van der Waals surface area contributed by atoms with Gasteiger partial charge in [-0.1, -0.05) is 78.9 Å². The van der Waals surface area contributed by atoms with Crippen molar-refractivity contribution in [2.45, 2.75) is 6.67 Å². The van der Waals surface area contributed by atoms with Crippen LogP contribution in [-0.2, 0) is 6.67 Å². The van der Waals surface area contributed by atoms with Gasteiger partial charge in [0, 0.05) is 5.56 Å². The summed E-state index contributed by atoms with van der Waals surface area (Å²) in [4.78, 5) is 13.5. The van der Waals surface area contributed by atoms with E-state index in [9.17, 15) is 9.18 Å². The molecule has 0 aliphatic heterocycles. The average Bonchev–Trinajstić information content (AvgIpc) is 2.84. The maximum absolute atomic E-state index is 13.5. The number of halogens is 2. The summed E-state index contributed by atoms with van der Waals surface area (Å²) in [5.74, 6) is 0.0744. The van der Waals surface area contributed by atoms with Crippen molar-refractivity contribution in [2.75, 3.05) is 6.16 Å². The standard InChI is InChI=1S/C27H23FOP.BrH/c28-20-22-16-18-23(19-17-22)27(29)21-30(24-10-4-1-5-11-24,25-12-6-2-7-13-25)26-14-8-3-9-15-26;/h1-19H,20-21H2;1H/q+1;/p-1. The Bertz CT molecular complexity index is 1000. The van der Waals surface area contributed by atoms with Crippen molar-refractivity contribution in [3.63, 3.8) is 0 Å². The van der Waals surface area contributed by atoms with Crippen LogP contribution in [0.15, 0.2) is 115 Å². The Morgan fingerprint density at radius 1 is 0.613 bits per heavy atom. The molecule has 0 amide bonds. The van der Waals surface area contributed by atoms with Crippen molar-refractivity contribution in [1.82, 2.24) is 0 Å². The van der Waals surface area contributed by atoms with Gasteiger partial charge in [0.15, 0.2) is 0 Å². The van der Waals surface area contributed by atoms with Crippen molar-refractivity contribution in [3.05, 3.63) is 126 Å². The summed E-state index contributed by atoms with van der Waals surface area (Å²) in [6, 6.07) is 37.9. The van der Waals surface area contributed by atoms with Crippen molar-refractivity contribution in [1.29, 1.82) is 0 Å². The number of Topliss-reactive ketones (excluding diaryl/α,β-unsaturated/α-hetero) is 1. The molecule has 0 aliphatic rings. The molecule has 0 saturated heterocycles. The van der Waals surface area contributed by atoms with Crippen LogP contribution in [0.4, 0.5) is 4.39 Å². The maximum atomic E-state index is 13.5. The van der Waals surface area contributed by atoms with Gasteiger partial charge in [-0.25, -0.2) is 4.39 Å². The number of benzene rings is 4. The molecule has 0 aromatic heterocycles. The smallest absolute Gasteiger partial charge is 0.201 e. The molecule has 4 aromatic rings. The molecule has 0 atom stereocenters. The zero-order chi connectivity index (χ0) is 20.8. The fraction of sp³-hybridized carbons (Fsp3) is 0.0741. The van der Waals surface area contributed by atoms with Crippen LogP contribution in [0.1, 0.15) is 15.9 Å². The molecule has 4 aromatic carbocycles. The summed E-state index contributed by atoms with van der Waals surface area (Å²) in [6.07, 6.45) is 0.389. The number of carbonyl (C=O) groups excluding carboxylic acids is 1. The molecule has 0 heterocycles. The predicted octanol–water partition coefficient (Wildman–Crippen LogP) is 2.34. The lowest BCUT2D eigenvalue weighted by molar-refractivity contribution is -0.0000141. The van der Waals surface area contributed by atoms with Crippen molar-refractivity contribution in [2.24, 2.45) is 0 Å². The maximum Gasteiger partial charge on any atom is 0.201 e. The summed E-state index contributed by atoms with van der Waals surface area (Å²) in [6.45, 7) is -0.524. The second-order valence-corrected chi connectivity index (χ2v) is 10.7. The molecular formula is C27H23BrFOP. The van der Waals surface area contributed by atoms with Crippen LogP contribution in [0.3, 0.4) is 0 Å². The van der Waals surface area contributed by atoms with Crippen LogP contribution >= 0.6 is 7.26 Å². The van der Waals surface area contributed by atoms with E-state index >= 15 is 0 Å². The molecule has 0 unspecified atom stereocenters. The quantitative estimate of drug-likeness (QED) is 0.286. The number of carbonyl (C=O) groups is 1. The monoisotopic (exact) mass is 492 g/mol. The first-order valence-corrected chi connectivity index (χ1v) is 11.9. The Labute approximate surface area is 194 Å². The molecule has 0 fully saturated rings. The van der Waals surface area contributed by atoms with E-state index in [4.69, 9.17) is 0 Å². The highest BCUT2D eigenvalue weighted by atomic mass is 79.9.